The molecule has 8 heteroatoms. The van der Waals surface area contributed by atoms with Crippen LogP contribution in [0.3, 0.4) is 0 Å². The predicted molar refractivity (Wildman–Crippen MR) is 87.0 cm³/mol. The third-order valence-electron chi connectivity index (χ3n) is 4.76. The number of hydrogen-bond acceptors (Lipinski definition) is 5. The van der Waals surface area contributed by atoms with Crippen molar-refractivity contribution in [2.45, 2.75) is 37.1 Å². The van der Waals surface area contributed by atoms with E-state index in [1.807, 2.05) is 0 Å². The van der Waals surface area contributed by atoms with E-state index in [2.05, 4.69) is 0 Å². The summed E-state index contributed by atoms with van der Waals surface area (Å²) in [7, 11) is 2.79. The van der Waals surface area contributed by atoms with E-state index in [-0.39, 0.29) is 40.8 Å². The Morgan fingerprint density at radius 3 is 2.25 bits per heavy atom. The SMILES string of the molecule is COc1ccc(CN2C(=O)[C@H]3CCCC[C@@H]3C2=O)cc1S(=O)(=O)Cl. The summed E-state index contributed by atoms with van der Waals surface area (Å²) in [4.78, 5) is 26.1. The summed E-state index contributed by atoms with van der Waals surface area (Å²) in [5, 5.41) is 0. The average Bonchev–Trinajstić information content (AvgIpc) is 2.79. The fourth-order valence-electron chi connectivity index (χ4n) is 3.58. The summed E-state index contributed by atoms with van der Waals surface area (Å²) in [5.41, 5.74) is 0.523. The van der Waals surface area contributed by atoms with Crippen LogP contribution < -0.4 is 4.74 Å². The number of fused-ring (bicyclic) bond motifs is 1. The quantitative estimate of drug-likeness (QED) is 0.599. The van der Waals surface area contributed by atoms with Gasteiger partial charge in [0.1, 0.15) is 10.6 Å². The number of carbonyl (C=O) groups excluding carboxylic acids is 2. The molecule has 2 fully saturated rings. The Morgan fingerprint density at radius 1 is 1.17 bits per heavy atom. The lowest BCUT2D eigenvalue weighted by atomic mass is 9.81. The lowest BCUT2D eigenvalue weighted by molar-refractivity contribution is -0.140. The van der Waals surface area contributed by atoms with Crippen molar-refractivity contribution in [3.63, 3.8) is 0 Å². The van der Waals surface area contributed by atoms with Crippen molar-refractivity contribution >= 4 is 31.5 Å². The van der Waals surface area contributed by atoms with Crippen molar-refractivity contribution in [2.75, 3.05) is 7.11 Å². The molecule has 2 aliphatic rings. The molecule has 6 nitrogen and oxygen atoms in total. The summed E-state index contributed by atoms with van der Waals surface area (Å²) in [5.74, 6) is -0.630. The zero-order valence-corrected chi connectivity index (χ0v) is 14.8. The van der Waals surface area contributed by atoms with E-state index < -0.39 is 9.05 Å². The molecule has 1 saturated carbocycles. The first-order valence-electron chi connectivity index (χ1n) is 7.79. The zero-order valence-electron chi connectivity index (χ0n) is 13.2. The number of imide groups is 1. The fraction of sp³-hybridized carbons (Fsp3) is 0.500. The van der Waals surface area contributed by atoms with Gasteiger partial charge in [0.15, 0.2) is 0 Å². The molecule has 24 heavy (non-hydrogen) atoms. The Bertz CT molecular complexity index is 768. The maximum absolute atomic E-state index is 12.5. The molecule has 0 N–H and O–H groups in total. The first kappa shape index (κ1) is 17.2. The highest BCUT2D eigenvalue weighted by atomic mass is 35.7. The van der Waals surface area contributed by atoms with E-state index in [9.17, 15) is 18.0 Å². The molecule has 0 bridgehead atoms. The molecule has 1 heterocycles. The molecule has 1 aliphatic heterocycles. The lowest BCUT2D eigenvalue weighted by Gasteiger charge is -2.19. The van der Waals surface area contributed by atoms with Crippen LogP contribution in [0.25, 0.3) is 0 Å². The van der Waals surface area contributed by atoms with Gasteiger partial charge in [-0.15, -0.1) is 0 Å². The lowest BCUT2D eigenvalue weighted by Crippen LogP contribution is -2.30. The van der Waals surface area contributed by atoms with Crippen LogP contribution in [0.4, 0.5) is 0 Å². The van der Waals surface area contributed by atoms with Crippen LogP contribution in [0, 0.1) is 11.8 Å². The molecule has 0 unspecified atom stereocenters. The van der Waals surface area contributed by atoms with E-state index in [1.165, 1.54) is 24.1 Å². The molecule has 1 aliphatic carbocycles. The number of carbonyl (C=O) groups is 2. The molecule has 1 aromatic rings. The minimum Gasteiger partial charge on any atom is -0.495 e. The number of amides is 2. The van der Waals surface area contributed by atoms with Gasteiger partial charge < -0.3 is 4.74 Å². The molecule has 0 aromatic heterocycles. The fourth-order valence-corrected chi connectivity index (χ4v) is 4.62. The van der Waals surface area contributed by atoms with Gasteiger partial charge in [0.25, 0.3) is 9.05 Å². The van der Waals surface area contributed by atoms with Crippen LogP contribution in [0.15, 0.2) is 23.1 Å². The third-order valence-corrected chi connectivity index (χ3v) is 6.11. The first-order chi connectivity index (χ1) is 11.3. The number of ether oxygens (including phenoxy) is 1. The monoisotopic (exact) mass is 371 g/mol. The normalized spacial score (nSPS) is 24.2. The van der Waals surface area contributed by atoms with Crippen molar-refractivity contribution in [3.8, 4) is 5.75 Å². The Hall–Kier alpha value is -1.60. The van der Waals surface area contributed by atoms with Gasteiger partial charge in [-0.2, -0.15) is 0 Å². The van der Waals surface area contributed by atoms with Crippen LogP contribution in [-0.2, 0) is 25.2 Å². The molecule has 2 atom stereocenters. The van der Waals surface area contributed by atoms with E-state index in [0.29, 0.717) is 5.56 Å². The molecule has 0 radical (unpaired) electrons. The Labute approximate surface area is 145 Å². The third kappa shape index (κ3) is 3.02. The number of likely N-dealkylation sites (tertiary alicyclic amines) is 1. The summed E-state index contributed by atoms with van der Waals surface area (Å²) in [6.07, 6.45) is 3.42. The summed E-state index contributed by atoms with van der Waals surface area (Å²) >= 11 is 0. The standard InChI is InChI=1S/C16H18ClNO5S/c1-23-13-7-6-10(8-14(13)24(17,21)22)9-18-15(19)11-4-2-3-5-12(11)16(18)20/h6-8,11-12H,2-5,9H2,1H3/t11-,12-/m0/s1. The van der Waals surface area contributed by atoms with Crippen molar-refractivity contribution in [1.29, 1.82) is 0 Å². The minimum absolute atomic E-state index is 0.0497. The van der Waals surface area contributed by atoms with Gasteiger partial charge in [-0.25, -0.2) is 8.42 Å². The molecule has 2 amide bonds. The maximum atomic E-state index is 12.5. The van der Waals surface area contributed by atoms with Gasteiger partial charge >= 0.3 is 0 Å². The zero-order chi connectivity index (χ0) is 17.5. The second-order valence-electron chi connectivity index (χ2n) is 6.18. The number of hydrogen-bond donors (Lipinski definition) is 0. The first-order valence-corrected chi connectivity index (χ1v) is 10.1. The van der Waals surface area contributed by atoms with Crippen LogP contribution in [0.5, 0.6) is 5.75 Å². The highest BCUT2D eigenvalue weighted by Gasteiger charge is 2.47. The molecule has 1 aromatic carbocycles. The summed E-state index contributed by atoms with van der Waals surface area (Å²) in [6.45, 7) is 0.0497. The molecule has 1 saturated heterocycles. The van der Waals surface area contributed by atoms with Gasteiger partial charge in [0, 0.05) is 10.7 Å². The summed E-state index contributed by atoms with van der Waals surface area (Å²) in [6, 6.07) is 4.46. The molecular formula is C16H18ClNO5S. The summed E-state index contributed by atoms with van der Waals surface area (Å²) < 4.78 is 28.4. The van der Waals surface area contributed by atoms with E-state index in [4.69, 9.17) is 15.4 Å². The van der Waals surface area contributed by atoms with Crippen molar-refractivity contribution in [1.82, 2.24) is 4.90 Å². The molecule has 0 spiro atoms. The minimum atomic E-state index is -3.99. The van der Waals surface area contributed by atoms with Crippen LogP contribution in [0.2, 0.25) is 0 Å². The topological polar surface area (TPSA) is 80.8 Å². The molecular weight excluding hydrogens is 354 g/mol. The van der Waals surface area contributed by atoms with Crippen molar-refractivity contribution in [2.24, 2.45) is 11.8 Å². The van der Waals surface area contributed by atoms with Crippen LogP contribution in [0.1, 0.15) is 31.2 Å². The molecule has 3 rings (SSSR count). The number of benzene rings is 1. The van der Waals surface area contributed by atoms with Crippen molar-refractivity contribution < 1.29 is 22.7 Å². The second-order valence-corrected chi connectivity index (χ2v) is 8.72. The smallest absolute Gasteiger partial charge is 0.264 e. The maximum Gasteiger partial charge on any atom is 0.264 e. The Balaban J connectivity index is 1.89. The van der Waals surface area contributed by atoms with E-state index in [0.717, 1.165) is 25.7 Å². The van der Waals surface area contributed by atoms with Gasteiger partial charge in [-0.05, 0) is 30.5 Å². The number of halogens is 1. The Kier molecular flexibility index (Phi) is 4.57. The number of nitrogens with zero attached hydrogens (tertiary/aromatic N) is 1. The van der Waals surface area contributed by atoms with Gasteiger partial charge in [0.05, 0.1) is 25.5 Å². The van der Waals surface area contributed by atoms with Crippen LogP contribution in [-0.4, -0.2) is 32.2 Å². The van der Waals surface area contributed by atoms with Crippen molar-refractivity contribution in [3.05, 3.63) is 23.8 Å². The van der Waals surface area contributed by atoms with Gasteiger partial charge in [-0.3, -0.25) is 14.5 Å². The van der Waals surface area contributed by atoms with Crippen LogP contribution >= 0.6 is 10.7 Å². The molecule has 130 valence electrons. The number of rotatable bonds is 4. The van der Waals surface area contributed by atoms with Gasteiger partial charge in [0.2, 0.25) is 11.8 Å². The van der Waals surface area contributed by atoms with E-state index in [1.54, 1.807) is 6.07 Å². The van der Waals surface area contributed by atoms with Gasteiger partial charge in [-0.1, -0.05) is 18.9 Å². The number of methoxy groups -OCH3 is 1. The average molecular weight is 372 g/mol. The highest BCUT2D eigenvalue weighted by Crippen LogP contribution is 2.39. The highest BCUT2D eigenvalue weighted by molar-refractivity contribution is 8.13. The predicted octanol–water partition coefficient (Wildman–Crippen LogP) is 2.30. The largest absolute Gasteiger partial charge is 0.495 e. The second kappa shape index (κ2) is 6.37. The Morgan fingerprint density at radius 2 is 1.75 bits per heavy atom. The van der Waals surface area contributed by atoms with E-state index >= 15 is 0 Å².